The Kier molecular flexibility index (Phi) is 6.88. The molecule has 2 N–H and O–H groups in total. The van der Waals surface area contributed by atoms with E-state index < -0.39 is 10.0 Å². The minimum absolute atomic E-state index is 0.0557. The Labute approximate surface area is 213 Å². The predicted molar refractivity (Wildman–Crippen MR) is 134 cm³/mol. The number of anilines is 2. The molecule has 0 saturated carbocycles. The lowest BCUT2D eigenvalue weighted by molar-refractivity contribution is -0.113. The highest BCUT2D eigenvalue weighted by Crippen LogP contribution is 2.26. The molecule has 0 radical (unpaired) electrons. The first-order valence-corrected chi connectivity index (χ1v) is 13.8. The molecule has 184 valence electrons. The van der Waals surface area contributed by atoms with Gasteiger partial charge in [-0.25, -0.2) is 13.4 Å². The van der Waals surface area contributed by atoms with Crippen molar-refractivity contribution in [3.8, 4) is 11.6 Å². The summed E-state index contributed by atoms with van der Waals surface area (Å²) in [4.78, 5) is 16.6. The van der Waals surface area contributed by atoms with Crippen molar-refractivity contribution in [3.05, 3.63) is 78.4 Å². The molecule has 36 heavy (non-hydrogen) atoms. The number of hydrogen-bond acceptors (Lipinski definition) is 10. The van der Waals surface area contributed by atoms with Crippen LogP contribution in [0, 0.1) is 0 Å². The molecule has 4 aromatic heterocycles. The maximum Gasteiger partial charge on any atom is 0.263 e. The molecule has 14 heteroatoms. The third kappa shape index (κ3) is 5.50. The fraction of sp³-hybridized carbons (Fsp3) is 0.0909. The zero-order chi connectivity index (χ0) is 25.0. The average Bonchev–Trinajstić information content (AvgIpc) is 3.66. The number of rotatable bonds is 10. The van der Waals surface area contributed by atoms with Gasteiger partial charge < -0.3 is 14.2 Å². The molecule has 0 saturated heterocycles. The normalized spacial score (nSPS) is 11.4. The van der Waals surface area contributed by atoms with Gasteiger partial charge in [0.15, 0.2) is 16.0 Å². The number of sulfonamides is 1. The Morgan fingerprint density at radius 3 is 2.56 bits per heavy atom. The molecule has 1 amide bonds. The van der Waals surface area contributed by atoms with Crippen LogP contribution >= 0.6 is 23.1 Å². The van der Waals surface area contributed by atoms with Crippen molar-refractivity contribution in [2.75, 3.05) is 15.8 Å². The van der Waals surface area contributed by atoms with Gasteiger partial charge in [-0.2, -0.15) is 0 Å². The van der Waals surface area contributed by atoms with Gasteiger partial charge in [0.05, 0.1) is 29.7 Å². The molecular formula is C22H18N6O5S3. The van der Waals surface area contributed by atoms with Crippen molar-refractivity contribution in [1.82, 2.24) is 19.7 Å². The molecule has 0 atom stereocenters. The van der Waals surface area contributed by atoms with Crippen molar-refractivity contribution < 1.29 is 22.0 Å². The highest BCUT2D eigenvalue weighted by Gasteiger charge is 2.19. The third-order valence-corrected chi connectivity index (χ3v) is 7.93. The lowest BCUT2D eigenvalue weighted by Crippen LogP contribution is -2.15. The summed E-state index contributed by atoms with van der Waals surface area (Å²) in [7, 11) is -3.77. The number of furan rings is 2. The lowest BCUT2D eigenvalue weighted by atomic mass is 10.3. The van der Waals surface area contributed by atoms with Gasteiger partial charge in [-0.15, -0.1) is 21.5 Å². The summed E-state index contributed by atoms with van der Waals surface area (Å²) in [5.41, 5.74) is 0.460. The predicted octanol–water partition coefficient (Wildman–Crippen LogP) is 4.17. The first-order valence-electron chi connectivity index (χ1n) is 10.4. The maximum absolute atomic E-state index is 12.6. The van der Waals surface area contributed by atoms with E-state index in [1.807, 2.05) is 10.6 Å². The quantitative estimate of drug-likeness (QED) is 0.248. The second kappa shape index (κ2) is 10.4. The van der Waals surface area contributed by atoms with E-state index in [9.17, 15) is 13.2 Å². The number of aromatic nitrogens is 4. The second-order valence-electron chi connectivity index (χ2n) is 7.25. The largest absolute Gasteiger partial charge is 0.467 e. The first-order chi connectivity index (χ1) is 17.5. The van der Waals surface area contributed by atoms with Gasteiger partial charge in [0, 0.05) is 17.3 Å². The summed E-state index contributed by atoms with van der Waals surface area (Å²) in [5.74, 6) is 1.53. The first kappa shape index (κ1) is 23.8. The van der Waals surface area contributed by atoms with Crippen LogP contribution < -0.4 is 10.0 Å². The SMILES string of the molecule is O=C(CSc1nnc(-c2ccco2)n1Cc1ccco1)Nc1ccc(S(=O)(=O)Nc2nccs2)cc1. The number of benzene rings is 1. The molecule has 5 rings (SSSR count). The number of amides is 1. The summed E-state index contributed by atoms with van der Waals surface area (Å²) < 4.78 is 40.1. The van der Waals surface area contributed by atoms with E-state index >= 15 is 0 Å². The van der Waals surface area contributed by atoms with Crippen LogP contribution in [0.4, 0.5) is 10.8 Å². The Morgan fingerprint density at radius 1 is 1.06 bits per heavy atom. The summed E-state index contributed by atoms with van der Waals surface area (Å²) in [6.45, 7) is 0.366. The molecule has 0 aliphatic heterocycles. The van der Waals surface area contributed by atoms with Gasteiger partial charge in [-0.05, 0) is 48.5 Å². The molecule has 0 fully saturated rings. The van der Waals surface area contributed by atoms with Gasteiger partial charge in [0.1, 0.15) is 5.76 Å². The minimum Gasteiger partial charge on any atom is -0.467 e. The summed E-state index contributed by atoms with van der Waals surface area (Å²) >= 11 is 2.39. The molecule has 0 aliphatic rings. The van der Waals surface area contributed by atoms with Crippen molar-refractivity contribution in [2.24, 2.45) is 0 Å². The van der Waals surface area contributed by atoms with Crippen LogP contribution in [-0.2, 0) is 21.4 Å². The Morgan fingerprint density at radius 2 is 1.86 bits per heavy atom. The van der Waals surface area contributed by atoms with Gasteiger partial charge >= 0.3 is 0 Å². The number of hydrogen-bond donors (Lipinski definition) is 2. The van der Waals surface area contributed by atoms with Crippen LogP contribution in [0.5, 0.6) is 0 Å². The van der Waals surface area contributed by atoms with Crippen molar-refractivity contribution in [3.63, 3.8) is 0 Å². The number of carbonyl (C=O) groups is 1. The van der Waals surface area contributed by atoms with Gasteiger partial charge in [0.25, 0.3) is 10.0 Å². The highest BCUT2D eigenvalue weighted by atomic mass is 32.2. The van der Waals surface area contributed by atoms with Gasteiger partial charge in [-0.3, -0.25) is 14.1 Å². The Hall–Kier alpha value is -3.88. The topological polar surface area (TPSA) is 145 Å². The molecule has 4 heterocycles. The number of carbonyl (C=O) groups excluding carboxylic acids is 1. The Bertz CT molecular complexity index is 1530. The monoisotopic (exact) mass is 542 g/mol. The second-order valence-corrected chi connectivity index (χ2v) is 10.8. The molecule has 0 spiro atoms. The molecular weight excluding hydrogens is 524 g/mol. The fourth-order valence-electron chi connectivity index (χ4n) is 3.18. The van der Waals surface area contributed by atoms with Crippen LogP contribution in [0.15, 0.2) is 91.5 Å². The minimum atomic E-state index is -3.77. The van der Waals surface area contributed by atoms with E-state index in [4.69, 9.17) is 8.83 Å². The lowest BCUT2D eigenvalue weighted by Gasteiger charge is -2.09. The van der Waals surface area contributed by atoms with E-state index in [-0.39, 0.29) is 21.7 Å². The number of nitrogens with zero attached hydrogens (tertiary/aromatic N) is 4. The standard InChI is InChI=1S/C22H18N6O5S3/c29-19(24-15-5-7-17(8-6-15)36(30,31)27-21-23-9-12-34-21)14-35-22-26-25-20(18-4-2-11-33-18)28(22)13-16-3-1-10-32-16/h1-12H,13-14H2,(H,23,27)(H,24,29). The molecule has 0 unspecified atom stereocenters. The van der Waals surface area contributed by atoms with Gasteiger partial charge in [0.2, 0.25) is 11.7 Å². The molecule has 5 aromatic rings. The number of thioether (sulfide) groups is 1. The van der Waals surface area contributed by atoms with Gasteiger partial charge in [-0.1, -0.05) is 11.8 Å². The van der Waals surface area contributed by atoms with Crippen LogP contribution in [-0.4, -0.2) is 39.8 Å². The van der Waals surface area contributed by atoms with Crippen molar-refractivity contribution in [2.45, 2.75) is 16.6 Å². The zero-order valence-electron chi connectivity index (χ0n) is 18.4. The summed E-state index contributed by atoms with van der Waals surface area (Å²) in [6.07, 6.45) is 4.64. The fourth-order valence-corrected chi connectivity index (χ4v) is 5.70. The van der Waals surface area contributed by atoms with E-state index in [2.05, 4.69) is 25.2 Å². The smallest absolute Gasteiger partial charge is 0.263 e. The number of nitrogens with one attached hydrogen (secondary N) is 2. The van der Waals surface area contributed by atoms with Crippen molar-refractivity contribution in [1.29, 1.82) is 0 Å². The average molecular weight is 543 g/mol. The van der Waals surface area contributed by atoms with E-state index in [0.717, 1.165) is 0 Å². The van der Waals surface area contributed by atoms with E-state index in [1.54, 1.807) is 36.1 Å². The third-order valence-electron chi connectivity index (χ3n) is 4.79. The molecule has 1 aromatic carbocycles. The van der Waals surface area contributed by atoms with Crippen LogP contribution in [0.1, 0.15) is 5.76 Å². The van der Waals surface area contributed by atoms with E-state index in [1.165, 1.54) is 53.6 Å². The number of thiazole rings is 1. The zero-order valence-corrected chi connectivity index (χ0v) is 20.8. The Balaban J connectivity index is 1.23. The van der Waals surface area contributed by atoms with E-state index in [0.29, 0.717) is 34.7 Å². The summed E-state index contributed by atoms with van der Waals surface area (Å²) in [5, 5.41) is 13.7. The van der Waals surface area contributed by atoms with Crippen LogP contribution in [0.25, 0.3) is 11.6 Å². The maximum atomic E-state index is 12.6. The van der Waals surface area contributed by atoms with Crippen LogP contribution in [0.2, 0.25) is 0 Å². The molecule has 0 aliphatic carbocycles. The highest BCUT2D eigenvalue weighted by molar-refractivity contribution is 7.99. The summed E-state index contributed by atoms with van der Waals surface area (Å²) in [6, 6.07) is 13.0. The van der Waals surface area contributed by atoms with Crippen LogP contribution in [0.3, 0.4) is 0 Å². The van der Waals surface area contributed by atoms with Crippen molar-refractivity contribution >= 4 is 49.8 Å². The molecule has 0 bridgehead atoms. The molecule has 11 nitrogen and oxygen atoms in total.